The van der Waals surface area contributed by atoms with Crippen molar-refractivity contribution in [2.45, 2.75) is 12.6 Å². The van der Waals surface area contributed by atoms with Gasteiger partial charge in [-0.25, -0.2) is 4.98 Å². The normalized spacial score (nSPS) is 12.2. The number of halogens is 2. The van der Waals surface area contributed by atoms with E-state index < -0.39 is 6.10 Å². The molecule has 0 radical (unpaired) electrons. The Morgan fingerprint density at radius 1 is 1.35 bits per heavy atom. The molecule has 1 heterocycles. The number of nitrogens with one attached hydrogen (secondary N) is 1. The van der Waals surface area contributed by atoms with E-state index >= 15 is 0 Å². The summed E-state index contributed by atoms with van der Waals surface area (Å²) < 4.78 is 7.17. The first-order valence-corrected chi connectivity index (χ1v) is 9.05. The number of fused-ring (bicyclic) bond motifs is 1. The maximum Gasteiger partial charge on any atom is 0.261 e. The molecule has 2 N–H and O–H groups in total. The molecule has 0 amide bonds. The predicted octanol–water partition coefficient (Wildman–Crippen LogP) is 3.29. The molecular weight excluding hydrogens is 422 g/mol. The summed E-state index contributed by atoms with van der Waals surface area (Å²) in [5.74, 6) is 0.759. The smallest absolute Gasteiger partial charge is 0.261 e. The number of nitrogens with zero attached hydrogens (tertiary/aromatic N) is 2. The number of aliphatic hydroxyl groups excluding tert-OH is 1. The second-order valence-electron chi connectivity index (χ2n) is 5.75. The molecule has 2 aromatic carbocycles. The third-order valence-electron chi connectivity index (χ3n) is 3.91. The van der Waals surface area contributed by atoms with Crippen LogP contribution in [0.3, 0.4) is 0 Å². The Hall–Kier alpha value is -2.09. The minimum absolute atomic E-state index is 0.124. The van der Waals surface area contributed by atoms with E-state index in [0.29, 0.717) is 20.4 Å². The maximum atomic E-state index is 12.6. The Morgan fingerprint density at radius 3 is 2.77 bits per heavy atom. The van der Waals surface area contributed by atoms with E-state index in [9.17, 15) is 9.90 Å². The van der Waals surface area contributed by atoms with E-state index in [1.165, 1.54) is 10.9 Å². The third-order valence-corrected chi connectivity index (χ3v) is 5.10. The molecule has 0 aliphatic heterocycles. The Labute approximate surface area is 163 Å². The number of aromatic nitrogens is 2. The Bertz CT molecular complexity index is 976. The highest BCUT2D eigenvalue weighted by Crippen LogP contribution is 2.25. The van der Waals surface area contributed by atoms with Crippen LogP contribution in [0, 0.1) is 0 Å². The van der Waals surface area contributed by atoms with E-state index in [1.807, 2.05) is 24.3 Å². The van der Waals surface area contributed by atoms with E-state index in [-0.39, 0.29) is 18.6 Å². The van der Waals surface area contributed by atoms with Crippen molar-refractivity contribution in [3.8, 4) is 5.75 Å². The summed E-state index contributed by atoms with van der Waals surface area (Å²) in [5.41, 5.74) is 1.16. The summed E-state index contributed by atoms with van der Waals surface area (Å²) in [6.07, 6.45) is 0.668. The maximum absolute atomic E-state index is 12.6. The number of rotatable bonds is 6. The zero-order valence-electron chi connectivity index (χ0n) is 13.9. The standard InChI is InChI=1S/C18H17BrClN3O3/c1-26-13-4-2-11(3-5-13)21-8-12(24)9-23-10-22-17-7-15(19)16(20)6-14(17)18(23)25/h2-7,10,12,21,24H,8-9H2,1H3/t12-/m0/s1. The van der Waals surface area contributed by atoms with Gasteiger partial charge in [0.25, 0.3) is 5.56 Å². The summed E-state index contributed by atoms with van der Waals surface area (Å²) in [6, 6.07) is 10.6. The lowest BCUT2D eigenvalue weighted by Crippen LogP contribution is -2.31. The molecule has 0 aliphatic rings. The average molecular weight is 439 g/mol. The molecule has 0 saturated carbocycles. The molecular formula is C18H17BrClN3O3. The number of hydrogen-bond donors (Lipinski definition) is 2. The van der Waals surface area contributed by atoms with Gasteiger partial charge in [0.05, 0.1) is 42.0 Å². The molecule has 0 fully saturated rings. The van der Waals surface area contributed by atoms with Crippen LogP contribution in [-0.2, 0) is 6.54 Å². The molecule has 0 aliphatic carbocycles. The van der Waals surface area contributed by atoms with Gasteiger partial charge in [0, 0.05) is 16.7 Å². The van der Waals surface area contributed by atoms with E-state index in [0.717, 1.165) is 11.4 Å². The highest BCUT2D eigenvalue weighted by atomic mass is 79.9. The lowest BCUT2D eigenvalue weighted by molar-refractivity contribution is 0.165. The number of aliphatic hydroxyl groups is 1. The van der Waals surface area contributed by atoms with Gasteiger partial charge in [-0.2, -0.15) is 0 Å². The minimum Gasteiger partial charge on any atom is -0.497 e. The molecule has 26 heavy (non-hydrogen) atoms. The molecule has 6 nitrogen and oxygen atoms in total. The molecule has 8 heteroatoms. The van der Waals surface area contributed by atoms with Gasteiger partial charge < -0.3 is 15.2 Å². The van der Waals surface area contributed by atoms with Gasteiger partial charge in [-0.15, -0.1) is 0 Å². The van der Waals surface area contributed by atoms with Crippen LogP contribution in [-0.4, -0.2) is 34.4 Å². The lowest BCUT2D eigenvalue weighted by Gasteiger charge is -2.15. The van der Waals surface area contributed by atoms with Crippen LogP contribution in [0.25, 0.3) is 10.9 Å². The largest absolute Gasteiger partial charge is 0.497 e. The van der Waals surface area contributed by atoms with Gasteiger partial charge in [-0.1, -0.05) is 11.6 Å². The van der Waals surface area contributed by atoms with Crippen LogP contribution in [0.1, 0.15) is 0 Å². The SMILES string of the molecule is COc1ccc(NC[C@H](O)Cn2cnc3cc(Br)c(Cl)cc3c2=O)cc1. The van der Waals surface area contributed by atoms with E-state index in [2.05, 4.69) is 26.2 Å². The molecule has 0 spiro atoms. The Balaban J connectivity index is 1.70. The van der Waals surface area contributed by atoms with Crippen LogP contribution in [0.4, 0.5) is 5.69 Å². The van der Waals surface area contributed by atoms with Crippen molar-refractivity contribution < 1.29 is 9.84 Å². The van der Waals surface area contributed by atoms with Gasteiger partial charge in [-0.3, -0.25) is 9.36 Å². The highest BCUT2D eigenvalue weighted by Gasteiger charge is 2.11. The number of hydrogen-bond acceptors (Lipinski definition) is 5. The van der Waals surface area contributed by atoms with Gasteiger partial charge in [-0.05, 0) is 52.3 Å². The first kappa shape index (κ1) is 18.7. The first-order chi connectivity index (χ1) is 12.5. The van der Waals surface area contributed by atoms with Gasteiger partial charge in [0.1, 0.15) is 5.75 Å². The van der Waals surface area contributed by atoms with Gasteiger partial charge in [0.2, 0.25) is 0 Å². The van der Waals surface area contributed by atoms with Crippen molar-refractivity contribution in [2.24, 2.45) is 0 Å². The molecule has 3 rings (SSSR count). The fourth-order valence-electron chi connectivity index (χ4n) is 2.52. The van der Waals surface area contributed by atoms with Crippen molar-refractivity contribution in [3.63, 3.8) is 0 Å². The first-order valence-electron chi connectivity index (χ1n) is 7.88. The third kappa shape index (κ3) is 4.17. The zero-order chi connectivity index (χ0) is 18.7. The molecule has 0 saturated heterocycles. The van der Waals surface area contributed by atoms with Gasteiger partial charge in [0.15, 0.2) is 0 Å². The Morgan fingerprint density at radius 2 is 2.08 bits per heavy atom. The second-order valence-corrected chi connectivity index (χ2v) is 7.01. The Kier molecular flexibility index (Phi) is 5.80. The number of methoxy groups -OCH3 is 1. The van der Waals surface area contributed by atoms with Crippen molar-refractivity contribution in [3.05, 3.63) is 62.6 Å². The minimum atomic E-state index is -0.764. The lowest BCUT2D eigenvalue weighted by atomic mass is 10.2. The number of benzene rings is 2. The molecule has 0 unspecified atom stereocenters. The highest BCUT2D eigenvalue weighted by molar-refractivity contribution is 9.10. The van der Waals surface area contributed by atoms with Crippen molar-refractivity contribution in [1.29, 1.82) is 0 Å². The van der Waals surface area contributed by atoms with E-state index in [1.54, 1.807) is 19.2 Å². The fraction of sp³-hybridized carbons (Fsp3) is 0.222. The second kappa shape index (κ2) is 8.07. The monoisotopic (exact) mass is 437 g/mol. The molecule has 136 valence electrons. The van der Waals surface area contributed by atoms with Gasteiger partial charge >= 0.3 is 0 Å². The van der Waals surface area contributed by atoms with Crippen LogP contribution in [0.2, 0.25) is 5.02 Å². The summed E-state index contributed by atoms with van der Waals surface area (Å²) in [7, 11) is 1.60. The van der Waals surface area contributed by atoms with Crippen molar-refractivity contribution in [2.75, 3.05) is 19.0 Å². The summed E-state index contributed by atoms with van der Waals surface area (Å²) in [5, 5.41) is 14.2. The topological polar surface area (TPSA) is 76.4 Å². The van der Waals surface area contributed by atoms with Crippen molar-refractivity contribution >= 4 is 44.1 Å². The van der Waals surface area contributed by atoms with E-state index in [4.69, 9.17) is 16.3 Å². The molecule has 0 bridgehead atoms. The zero-order valence-corrected chi connectivity index (χ0v) is 16.3. The summed E-state index contributed by atoms with van der Waals surface area (Å²) in [6.45, 7) is 0.413. The number of ether oxygens (including phenoxy) is 1. The fourth-order valence-corrected chi connectivity index (χ4v) is 3.01. The number of anilines is 1. The quantitative estimate of drug-likeness (QED) is 0.618. The van der Waals surface area contributed by atoms with Crippen LogP contribution in [0.15, 0.2) is 52.0 Å². The van der Waals surface area contributed by atoms with Crippen LogP contribution in [0.5, 0.6) is 5.75 Å². The molecule has 1 aromatic heterocycles. The molecule has 3 aromatic rings. The predicted molar refractivity (Wildman–Crippen MR) is 106 cm³/mol. The average Bonchev–Trinajstić information content (AvgIpc) is 2.64. The van der Waals surface area contributed by atoms with Crippen molar-refractivity contribution in [1.82, 2.24) is 9.55 Å². The molecule has 1 atom stereocenters. The summed E-state index contributed by atoms with van der Waals surface area (Å²) in [4.78, 5) is 16.8. The van der Waals surface area contributed by atoms with Crippen LogP contribution < -0.4 is 15.6 Å². The van der Waals surface area contributed by atoms with Crippen LogP contribution >= 0.6 is 27.5 Å². The summed E-state index contributed by atoms with van der Waals surface area (Å²) >= 11 is 9.38.